The van der Waals surface area contributed by atoms with E-state index < -0.39 is 0 Å². The van der Waals surface area contributed by atoms with Crippen LogP contribution in [0.5, 0.6) is 5.75 Å². The first-order valence-corrected chi connectivity index (χ1v) is 9.23. The summed E-state index contributed by atoms with van der Waals surface area (Å²) in [6.07, 6.45) is 0. The van der Waals surface area contributed by atoms with E-state index in [4.69, 9.17) is 16.3 Å². The highest BCUT2D eigenvalue weighted by Crippen LogP contribution is 2.31. The van der Waals surface area contributed by atoms with Gasteiger partial charge in [0.15, 0.2) is 11.2 Å². The Balaban J connectivity index is 2.25. The Kier molecular flexibility index (Phi) is 4.11. The number of nitrogens with zero attached hydrogens (tertiary/aromatic N) is 5. The van der Waals surface area contributed by atoms with Gasteiger partial charge in [0, 0.05) is 30.0 Å². The summed E-state index contributed by atoms with van der Waals surface area (Å²) >= 11 is 6.23. The highest BCUT2D eigenvalue weighted by molar-refractivity contribution is 6.30. The third kappa shape index (κ3) is 2.27. The summed E-state index contributed by atoms with van der Waals surface area (Å²) in [5.74, 6) is 1.14. The van der Waals surface area contributed by atoms with Crippen LogP contribution in [-0.2, 0) is 13.6 Å². The van der Waals surface area contributed by atoms with Crippen molar-refractivity contribution in [2.45, 2.75) is 27.3 Å². The first kappa shape index (κ1) is 18.4. The molecule has 8 nitrogen and oxygen atoms in total. The Morgan fingerprint density at radius 2 is 1.89 bits per heavy atom. The average Bonchev–Trinajstić information content (AvgIpc) is 3.16. The summed E-state index contributed by atoms with van der Waals surface area (Å²) in [6.45, 7) is 5.91. The zero-order valence-corrected chi connectivity index (χ0v) is 17.0. The molecule has 146 valence electrons. The lowest BCUT2D eigenvalue weighted by molar-refractivity contribution is 0.413. The maximum Gasteiger partial charge on any atom is 0.332 e. The van der Waals surface area contributed by atoms with E-state index in [-0.39, 0.29) is 17.8 Å². The Bertz CT molecular complexity index is 1370. The van der Waals surface area contributed by atoms with Crippen molar-refractivity contribution in [1.82, 2.24) is 23.1 Å². The number of aromatic nitrogens is 5. The highest BCUT2D eigenvalue weighted by Gasteiger charge is 2.24. The van der Waals surface area contributed by atoms with Crippen molar-refractivity contribution in [1.29, 1.82) is 0 Å². The minimum atomic E-state index is -0.387. The van der Waals surface area contributed by atoms with Crippen LogP contribution in [0.3, 0.4) is 0 Å². The van der Waals surface area contributed by atoms with Gasteiger partial charge in [0.2, 0.25) is 5.78 Å². The normalized spacial score (nSPS) is 11.6. The Morgan fingerprint density at radius 3 is 2.54 bits per heavy atom. The molecule has 0 fully saturated rings. The number of rotatable bonds is 3. The van der Waals surface area contributed by atoms with E-state index in [1.165, 1.54) is 9.13 Å². The molecule has 0 bridgehead atoms. The third-order valence-electron chi connectivity index (χ3n) is 5.22. The maximum atomic E-state index is 13.0. The first-order chi connectivity index (χ1) is 13.3. The smallest absolute Gasteiger partial charge is 0.332 e. The number of benzene rings is 1. The van der Waals surface area contributed by atoms with E-state index in [0.717, 1.165) is 11.4 Å². The van der Waals surface area contributed by atoms with Crippen LogP contribution >= 0.6 is 11.6 Å². The summed E-state index contributed by atoms with van der Waals surface area (Å²) in [5.41, 5.74) is 2.42. The number of methoxy groups -OCH3 is 1. The van der Waals surface area contributed by atoms with Gasteiger partial charge in [0.1, 0.15) is 5.75 Å². The molecule has 0 N–H and O–H groups in total. The van der Waals surface area contributed by atoms with E-state index >= 15 is 0 Å². The number of aryl methyl sites for hydroxylation is 2. The third-order valence-corrected chi connectivity index (χ3v) is 5.45. The molecule has 28 heavy (non-hydrogen) atoms. The molecule has 0 unspecified atom stereocenters. The van der Waals surface area contributed by atoms with Crippen LogP contribution in [0.2, 0.25) is 5.02 Å². The van der Waals surface area contributed by atoms with E-state index in [0.29, 0.717) is 33.4 Å². The second-order valence-electron chi connectivity index (χ2n) is 6.63. The topological polar surface area (TPSA) is 75.5 Å². The van der Waals surface area contributed by atoms with Gasteiger partial charge in [-0.05, 0) is 39.0 Å². The van der Waals surface area contributed by atoms with Crippen LogP contribution in [-0.4, -0.2) is 30.2 Å². The predicted molar refractivity (Wildman–Crippen MR) is 108 cm³/mol. The molecular formula is C19H20ClN5O3. The van der Waals surface area contributed by atoms with Crippen molar-refractivity contribution in [2.24, 2.45) is 7.05 Å². The quantitative estimate of drug-likeness (QED) is 0.528. The van der Waals surface area contributed by atoms with Gasteiger partial charge in [0.25, 0.3) is 5.56 Å². The minimum Gasteiger partial charge on any atom is -0.495 e. The number of hydrogen-bond acceptors (Lipinski definition) is 4. The molecule has 0 aliphatic carbocycles. The van der Waals surface area contributed by atoms with E-state index in [9.17, 15) is 9.59 Å². The van der Waals surface area contributed by atoms with E-state index in [1.54, 1.807) is 43.7 Å². The van der Waals surface area contributed by atoms with Gasteiger partial charge in [-0.2, -0.15) is 4.98 Å². The van der Waals surface area contributed by atoms with Gasteiger partial charge in [-0.15, -0.1) is 0 Å². The Hall–Kier alpha value is -3.00. The van der Waals surface area contributed by atoms with Crippen LogP contribution in [0.25, 0.3) is 22.6 Å². The first-order valence-electron chi connectivity index (χ1n) is 8.85. The number of ether oxygens (including phenoxy) is 1. The average molecular weight is 402 g/mol. The van der Waals surface area contributed by atoms with E-state index in [1.807, 2.05) is 18.4 Å². The molecule has 0 aliphatic heterocycles. The molecule has 0 aliphatic rings. The molecule has 3 aromatic heterocycles. The molecule has 0 amide bonds. The Labute approximate surface area is 165 Å². The fourth-order valence-electron chi connectivity index (χ4n) is 3.66. The standard InChI is InChI=1S/C19H20ClN5O3/c1-6-23-17(26)15-16(22(4)19(23)27)21-18-24(10(2)11(3)25(15)18)13-9-12(20)7-8-14(13)28-5/h7-9H,6H2,1-5H3. The van der Waals surface area contributed by atoms with Crippen molar-refractivity contribution in [3.8, 4) is 11.4 Å². The number of fused-ring (bicyclic) bond motifs is 3. The molecule has 4 rings (SSSR count). The molecule has 0 radical (unpaired) electrons. The SMILES string of the molecule is CCn1c(=O)c2c(nc3n(-c4cc(Cl)ccc4OC)c(C)c(C)n23)n(C)c1=O. The minimum absolute atomic E-state index is 0.287. The summed E-state index contributed by atoms with van der Waals surface area (Å²) in [7, 11) is 3.20. The van der Waals surface area contributed by atoms with Gasteiger partial charge in [-0.25, -0.2) is 4.79 Å². The van der Waals surface area contributed by atoms with Crippen molar-refractivity contribution in [3.05, 3.63) is 55.4 Å². The van der Waals surface area contributed by atoms with Crippen LogP contribution in [0, 0.1) is 13.8 Å². The van der Waals surface area contributed by atoms with Crippen LogP contribution in [0.1, 0.15) is 18.3 Å². The number of hydrogen-bond donors (Lipinski definition) is 0. The molecular weight excluding hydrogens is 382 g/mol. The number of imidazole rings is 2. The molecule has 0 saturated carbocycles. The largest absolute Gasteiger partial charge is 0.495 e. The fraction of sp³-hybridized carbons (Fsp3) is 0.316. The Morgan fingerprint density at radius 1 is 1.18 bits per heavy atom. The van der Waals surface area contributed by atoms with Crippen molar-refractivity contribution in [2.75, 3.05) is 7.11 Å². The lowest BCUT2D eigenvalue weighted by atomic mass is 10.2. The fourth-order valence-corrected chi connectivity index (χ4v) is 3.82. The number of halogens is 1. The molecule has 3 heterocycles. The zero-order chi connectivity index (χ0) is 20.3. The summed E-state index contributed by atoms with van der Waals surface area (Å²) in [5, 5.41) is 0.552. The molecule has 4 aromatic rings. The summed E-state index contributed by atoms with van der Waals surface area (Å²) < 4.78 is 11.8. The van der Waals surface area contributed by atoms with Gasteiger partial charge >= 0.3 is 5.69 Å². The highest BCUT2D eigenvalue weighted by atomic mass is 35.5. The van der Waals surface area contributed by atoms with Gasteiger partial charge in [-0.1, -0.05) is 11.6 Å². The summed E-state index contributed by atoms with van der Waals surface area (Å²) in [6, 6.07) is 5.32. The van der Waals surface area contributed by atoms with Crippen LogP contribution in [0.4, 0.5) is 0 Å². The van der Waals surface area contributed by atoms with Gasteiger partial charge in [0.05, 0.1) is 12.8 Å². The maximum absolute atomic E-state index is 13.0. The van der Waals surface area contributed by atoms with Gasteiger partial charge < -0.3 is 4.74 Å². The molecule has 0 spiro atoms. The predicted octanol–water partition coefficient (Wildman–Crippen LogP) is 2.44. The lowest BCUT2D eigenvalue weighted by Crippen LogP contribution is -2.38. The zero-order valence-electron chi connectivity index (χ0n) is 16.3. The van der Waals surface area contributed by atoms with Crippen LogP contribution < -0.4 is 16.0 Å². The van der Waals surface area contributed by atoms with Crippen molar-refractivity contribution in [3.63, 3.8) is 0 Å². The molecule has 0 saturated heterocycles. The second-order valence-corrected chi connectivity index (χ2v) is 7.07. The second kappa shape index (κ2) is 6.27. The lowest BCUT2D eigenvalue weighted by Gasteiger charge is -2.12. The molecule has 1 aromatic carbocycles. The van der Waals surface area contributed by atoms with Crippen molar-refractivity contribution < 1.29 is 4.74 Å². The van der Waals surface area contributed by atoms with Gasteiger partial charge in [-0.3, -0.25) is 22.9 Å². The monoisotopic (exact) mass is 401 g/mol. The molecule has 0 atom stereocenters. The van der Waals surface area contributed by atoms with Crippen LogP contribution in [0.15, 0.2) is 27.8 Å². The van der Waals surface area contributed by atoms with Crippen molar-refractivity contribution >= 4 is 28.5 Å². The summed E-state index contributed by atoms with van der Waals surface area (Å²) in [4.78, 5) is 30.2. The van der Waals surface area contributed by atoms with E-state index in [2.05, 4.69) is 4.98 Å². The molecule has 9 heteroatoms.